The molecular formula is C12H14Cl2N2S. The van der Waals surface area contributed by atoms with Crippen molar-refractivity contribution in [3.63, 3.8) is 0 Å². The molecule has 5 heteroatoms. The SMILES string of the molecule is Cl.Clc1ccc2sc(C3CCNCC3)nc2c1. The lowest BCUT2D eigenvalue weighted by atomic mass is 9.99. The summed E-state index contributed by atoms with van der Waals surface area (Å²) in [7, 11) is 0. The van der Waals surface area contributed by atoms with Crippen LogP contribution in [0.1, 0.15) is 23.8 Å². The summed E-state index contributed by atoms with van der Waals surface area (Å²) in [6.45, 7) is 2.22. The predicted octanol–water partition coefficient (Wildman–Crippen LogP) is 3.84. The first-order valence-corrected chi connectivity index (χ1v) is 6.79. The van der Waals surface area contributed by atoms with E-state index in [1.165, 1.54) is 22.5 Å². The van der Waals surface area contributed by atoms with Crippen LogP contribution in [0.5, 0.6) is 0 Å². The Hall–Kier alpha value is -0.350. The highest BCUT2D eigenvalue weighted by molar-refractivity contribution is 7.18. The van der Waals surface area contributed by atoms with Crippen LogP contribution in [0.3, 0.4) is 0 Å². The summed E-state index contributed by atoms with van der Waals surface area (Å²) in [5.74, 6) is 0.637. The zero-order valence-electron chi connectivity index (χ0n) is 9.28. The number of nitrogens with one attached hydrogen (secondary N) is 1. The van der Waals surface area contributed by atoms with E-state index in [2.05, 4.69) is 11.4 Å². The summed E-state index contributed by atoms with van der Waals surface area (Å²) >= 11 is 7.78. The first-order chi connectivity index (χ1) is 7.83. The average Bonchev–Trinajstić information content (AvgIpc) is 2.73. The molecule has 1 aromatic carbocycles. The van der Waals surface area contributed by atoms with Crippen molar-refractivity contribution in [1.82, 2.24) is 10.3 Å². The van der Waals surface area contributed by atoms with Gasteiger partial charge in [-0.15, -0.1) is 23.7 Å². The van der Waals surface area contributed by atoms with Crippen LogP contribution in [0.25, 0.3) is 10.2 Å². The van der Waals surface area contributed by atoms with Gasteiger partial charge in [-0.25, -0.2) is 4.98 Å². The van der Waals surface area contributed by atoms with Crippen molar-refractivity contribution in [2.45, 2.75) is 18.8 Å². The Bertz CT molecular complexity index is 506. The van der Waals surface area contributed by atoms with Gasteiger partial charge in [0.15, 0.2) is 0 Å². The van der Waals surface area contributed by atoms with Crippen LogP contribution in [0, 0.1) is 0 Å². The highest BCUT2D eigenvalue weighted by Gasteiger charge is 2.18. The maximum atomic E-state index is 5.97. The molecule has 1 N–H and O–H groups in total. The number of hydrogen-bond acceptors (Lipinski definition) is 3. The number of fused-ring (bicyclic) bond motifs is 1. The Kier molecular flexibility index (Phi) is 4.26. The van der Waals surface area contributed by atoms with Crippen LogP contribution in [0.2, 0.25) is 5.02 Å². The molecule has 2 heterocycles. The molecule has 1 aliphatic heterocycles. The van der Waals surface area contributed by atoms with Crippen molar-refractivity contribution < 1.29 is 0 Å². The van der Waals surface area contributed by atoms with E-state index in [-0.39, 0.29) is 12.4 Å². The van der Waals surface area contributed by atoms with Crippen LogP contribution >= 0.6 is 35.3 Å². The Morgan fingerprint density at radius 3 is 2.82 bits per heavy atom. The van der Waals surface area contributed by atoms with Gasteiger partial charge >= 0.3 is 0 Å². The van der Waals surface area contributed by atoms with Gasteiger partial charge in [0.1, 0.15) is 0 Å². The van der Waals surface area contributed by atoms with Crippen molar-refractivity contribution in [3.8, 4) is 0 Å². The van der Waals surface area contributed by atoms with Crippen LogP contribution in [-0.4, -0.2) is 18.1 Å². The molecule has 2 nitrogen and oxygen atoms in total. The summed E-state index contributed by atoms with van der Waals surface area (Å²) in [4.78, 5) is 4.70. The molecular weight excluding hydrogens is 275 g/mol. The highest BCUT2D eigenvalue weighted by Crippen LogP contribution is 2.33. The molecule has 0 spiro atoms. The summed E-state index contributed by atoms with van der Waals surface area (Å²) in [5.41, 5.74) is 1.05. The van der Waals surface area contributed by atoms with E-state index in [4.69, 9.17) is 16.6 Å². The molecule has 92 valence electrons. The second-order valence-electron chi connectivity index (χ2n) is 4.19. The van der Waals surface area contributed by atoms with E-state index in [0.717, 1.165) is 23.6 Å². The number of rotatable bonds is 1. The number of piperidine rings is 1. The first-order valence-electron chi connectivity index (χ1n) is 5.59. The van der Waals surface area contributed by atoms with Gasteiger partial charge in [0.2, 0.25) is 0 Å². The largest absolute Gasteiger partial charge is 0.317 e. The molecule has 2 aromatic rings. The standard InChI is InChI=1S/C12H13ClN2S.ClH/c13-9-1-2-11-10(7-9)15-12(16-11)8-3-5-14-6-4-8;/h1-2,7-8,14H,3-6H2;1H. The minimum Gasteiger partial charge on any atom is -0.317 e. The molecule has 1 aliphatic rings. The highest BCUT2D eigenvalue weighted by atomic mass is 35.5. The summed E-state index contributed by atoms with van der Waals surface area (Å²) in [6, 6.07) is 5.96. The van der Waals surface area contributed by atoms with Crippen LogP contribution in [0.15, 0.2) is 18.2 Å². The average molecular weight is 289 g/mol. The van der Waals surface area contributed by atoms with E-state index in [1.807, 2.05) is 23.5 Å². The Morgan fingerprint density at radius 1 is 1.29 bits per heavy atom. The minimum absolute atomic E-state index is 0. The van der Waals surface area contributed by atoms with Gasteiger partial charge in [-0.2, -0.15) is 0 Å². The molecule has 0 unspecified atom stereocenters. The second-order valence-corrected chi connectivity index (χ2v) is 5.69. The fourth-order valence-electron chi connectivity index (χ4n) is 2.16. The minimum atomic E-state index is 0. The second kappa shape index (κ2) is 5.53. The quantitative estimate of drug-likeness (QED) is 0.862. The molecule has 3 rings (SSSR count). The van der Waals surface area contributed by atoms with Crippen molar-refractivity contribution in [1.29, 1.82) is 0 Å². The smallest absolute Gasteiger partial charge is 0.0970 e. The monoisotopic (exact) mass is 288 g/mol. The molecule has 17 heavy (non-hydrogen) atoms. The number of hydrogen-bond donors (Lipinski definition) is 1. The third-order valence-corrected chi connectivity index (χ3v) is 4.49. The number of benzene rings is 1. The van der Waals surface area contributed by atoms with Gasteiger partial charge in [0.25, 0.3) is 0 Å². The van der Waals surface area contributed by atoms with E-state index in [0.29, 0.717) is 5.92 Å². The normalized spacial score (nSPS) is 17.0. The van der Waals surface area contributed by atoms with E-state index >= 15 is 0 Å². The zero-order valence-corrected chi connectivity index (χ0v) is 11.7. The predicted molar refractivity (Wildman–Crippen MR) is 76.7 cm³/mol. The Labute approximate surface area is 116 Å². The number of thiazole rings is 1. The molecule has 0 aliphatic carbocycles. The number of nitrogens with zero attached hydrogens (tertiary/aromatic N) is 1. The number of aromatic nitrogens is 1. The fraction of sp³-hybridized carbons (Fsp3) is 0.417. The third-order valence-electron chi connectivity index (χ3n) is 3.05. The third kappa shape index (κ3) is 2.74. The van der Waals surface area contributed by atoms with Crippen molar-refractivity contribution in [2.75, 3.05) is 13.1 Å². The fourth-order valence-corrected chi connectivity index (χ4v) is 3.45. The molecule has 0 radical (unpaired) electrons. The molecule has 0 saturated carbocycles. The van der Waals surface area contributed by atoms with Gasteiger partial charge in [-0.3, -0.25) is 0 Å². The summed E-state index contributed by atoms with van der Waals surface area (Å²) < 4.78 is 1.25. The molecule has 0 bridgehead atoms. The van der Waals surface area contributed by atoms with Crippen molar-refractivity contribution in [3.05, 3.63) is 28.2 Å². The topological polar surface area (TPSA) is 24.9 Å². The maximum Gasteiger partial charge on any atom is 0.0970 e. The van der Waals surface area contributed by atoms with E-state index < -0.39 is 0 Å². The van der Waals surface area contributed by atoms with Gasteiger partial charge in [0, 0.05) is 10.9 Å². The van der Waals surface area contributed by atoms with Crippen LogP contribution < -0.4 is 5.32 Å². The van der Waals surface area contributed by atoms with Gasteiger partial charge in [0.05, 0.1) is 15.2 Å². The van der Waals surface area contributed by atoms with E-state index in [1.54, 1.807) is 0 Å². The lowest BCUT2D eigenvalue weighted by Gasteiger charge is -2.20. The molecule has 1 fully saturated rings. The molecule has 0 amide bonds. The lowest BCUT2D eigenvalue weighted by Crippen LogP contribution is -2.26. The summed E-state index contributed by atoms with van der Waals surface area (Å²) in [6.07, 6.45) is 2.40. The molecule has 1 saturated heterocycles. The summed E-state index contributed by atoms with van der Waals surface area (Å²) in [5, 5.41) is 5.43. The zero-order chi connectivity index (χ0) is 11.0. The number of halogens is 2. The van der Waals surface area contributed by atoms with Crippen LogP contribution in [-0.2, 0) is 0 Å². The van der Waals surface area contributed by atoms with E-state index in [9.17, 15) is 0 Å². The molecule has 0 atom stereocenters. The van der Waals surface area contributed by atoms with Gasteiger partial charge < -0.3 is 5.32 Å². The Balaban J connectivity index is 0.00000108. The Morgan fingerprint density at radius 2 is 2.06 bits per heavy atom. The lowest BCUT2D eigenvalue weighted by molar-refractivity contribution is 0.459. The van der Waals surface area contributed by atoms with Gasteiger partial charge in [-0.05, 0) is 44.1 Å². The van der Waals surface area contributed by atoms with Crippen molar-refractivity contribution >= 4 is 45.6 Å². The van der Waals surface area contributed by atoms with Gasteiger partial charge in [-0.1, -0.05) is 11.6 Å². The maximum absolute atomic E-state index is 5.97. The van der Waals surface area contributed by atoms with Crippen LogP contribution in [0.4, 0.5) is 0 Å². The first kappa shape index (κ1) is 13.1. The molecule has 1 aromatic heterocycles. The van der Waals surface area contributed by atoms with Crippen molar-refractivity contribution in [2.24, 2.45) is 0 Å².